The first-order valence-electron chi connectivity index (χ1n) is 14.2. The molecule has 0 aliphatic heterocycles. The molecule has 0 aliphatic rings. The highest BCUT2D eigenvalue weighted by atomic mass is 16.5. The summed E-state index contributed by atoms with van der Waals surface area (Å²) in [5.41, 5.74) is 0. The van der Waals surface area contributed by atoms with Gasteiger partial charge in [-0.1, -0.05) is 73.1 Å². The molecule has 7 nitrogen and oxygen atoms in total. The van der Waals surface area contributed by atoms with Crippen molar-refractivity contribution < 1.29 is 33.3 Å². The molecular formula is C30H66O7. The van der Waals surface area contributed by atoms with Gasteiger partial charge >= 0.3 is 17.9 Å². The maximum absolute atomic E-state index is 9.82. The Balaban J connectivity index is -0.0000000780. The Labute approximate surface area is 231 Å². The van der Waals surface area contributed by atoms with Crippen LogP contribution in [0.15, 0.2) is 0 Å². The van der Waals surface area contributed by atoms with Crippen molar-refractivity contribution in [1.82, 2.24) is 0 Å². The number of ether oxygens (including phenoxy) is 4. The van der Waals surface area contributed by atoms with E-state index in [4.69, 9.17) is 4.74 Å². The molecule has 0 aromatic rings. The number of unbranched alkanes of at least 4 members (excludes halogenated alkanes) is 3. The van der Waals surface area contributed by atoms with Crippen molar-refractivity contribution in [3.8, 4) is 0 Å². The van der Waals surface area contributed by atoms with Gasteiger partial charge in [0.25, 0.3) is 0 Å². The Bertz CT molecular complexity index is 386. The van der Waals surface area contributed by atoms with E-state index in [0.29, 0.717) is 32.0 Å². The normalized spacial score (nSPS) is 8.92. The van der Waals surface area contributed by atoms with Crippen LogP contribution < -0.4 is 0 Å². The van der Waals surface area contributed by atoms with Gasteiger partial charge in [0.15, 0.2) is 0 Å². The molecule has 0 fully saturated rings. The molecule has 0 radical (unpaired) electrons. The van der Waals surface area contributed by atoms with Crippen LogP contribution in [0.2, 0.25) is 0 Å². The highest BCUT2D eigenvalue weighted by molar-refractivity contribution is 5.66. The third-order valence-corrected chi connectivity index (χ3v) is 3.41. The Kier molecular flexibility index (Phi) is 58.1. The highest BCUT2D eigenvalue weighted by Crippen LogP contribution is 2.00. The van der Waals surface area contributed by atoms with Gasteiger partial charge in [-0.15, -0.1) is 0 Å². The van der Waals surface area contributed by atoms with E-state index in [1.807, 2.05) is 27.7 Å². The monoisotopic (exact) mass is 538 g/mol. The van der Waals surface area contributed by atoms with Crippen LogP contribution in [0.1, 0.15) is 142 Å². The Hall–Kier alpha value is -1.63. The van der Waals surface area contributed by atoms with Gasteiger partial charge in [0.05, 0.1) is 32.0 Å². The second-order valence-corrected chi connectivity index (χ2v) is 8.90. The predicted molar refractivity (Wildman–Crippen MR) is 158 cm³/mol. The van der Waals surface area contributed by atoms with Crippen molar-refractivity contribution >= 4 is 17.9 Å². The van der Waals surface area contributed by atoms with Gasteiger partial charge in [-0.25, -0.2) is 0 Å². The van der Waals surface area contributed by atoms with Crippen LogP contribution in [0, 0.1) is 5.92 Å². The molecule has 0 aromatic carbocycles. The summed E-state index contributed by atoms with van der Waals surface area (Å²) in [5, 5.41) is 0. The molecule has 0 spiro atoms. The van der Waals surface area contributed by atoms with Crippen molar-refractivity contribution in [1.29, 1.82) is 0 Å². The quantitative estimate of drug-likeness (QED) is 0.156. The zero-order valence-corrected chi connectivity index (χ0v) is 27.5. The van der Waals surface area contributed by atoms with Crippen LogP contribution in [0.3, 0.4) is 0 Å². The zero-order chi connectivity index (χ0) is 30.7. The van der Waals surface area contributed by atoms with Crippen LogP contribution in [-0.2, 0) is 33.3 Å². The zero-order valence-electron chi connectivity index (χ0n) is 27.5. The van der Waals surface area contributed by atoms with E-state index in [0.717, 1.165) is 5.92 Å². The molecule has 0 N–H and O–H groups in total. The number of carbonyl (C=O) groups is 3. The average Bonchev–Trinajstić information content (AvgIpc) is 2.73. The number of hydrogen-bond donors (Lipinski definition) is 0. The van der Waals surface area contributed by atoms with Crippen LogP contribution in [-0.4, -0.2) is 49.9 Å². The average molecular weight is 539 g/mol. The number of carbonyl (C=O) groups excluding carboxylic acids is 3. The minimum atomic E-state index is -0.211. The first-order valence-corrected chi connectivity index (χ1v) is 14.2. The molecule has 0 unspecified atom stereocenters. The Morgan fingerprint density at radius 1 is 0.514 bits per heavy atom. The lowest BCUT2D eigenvalue weighted by Gasteiger charge is -2.09. The first-order chi connectivity index (χ1) is 17.1. The molecule has 0 saturated heterocycles. The number of hydrogen-bond acceptors (Lipinski definition) is 7. The van der Waals surface area contributed by atoms with Gasteiger partial charge in [0.1, 0.15) is 0 Å². The summed E-state index contributed by atoms with van der Waals surface area (Å²) in [6.45, 7) is 30.3. The van der Waals surface area contributed by atoms with Crippen LogP contribution in [0.4, 0.5) is 0 Å². The molecule has 37 heavy (non-hydrogen) atoms. The van der Waals surface area contributed by atoms with E-state index in [1.54, 1.807) is 20.8 Å². The molecular weight excluding hydrogens is 472 g/mol. The molecule has 0 amide bonds. The minimum Gasteiger partial charge on any atom is -0.466 e. The summed E-state index contributed by atoms with van der Waals surface area (Å²) >= 11 is 0. The fourth-order valence-corrected chi connectivity index (χ4v) is 2.23. The standard InChI is InChI=1S/C6H14O.2C6H14.3C4H8O2/c1-5(2)7-6(3)4;1-4-5-6(2)3;1-3-5-6-4-2;3*1-3-6-4(2)5/h5-6H,1-4H3;6H,4-5H2,1-3H3;3-6H2,1-2H3;3*3H2,1-2H3. The Morgan fingerprint density at radius 3 is 0.811 bits per heavy atom. The molecule has 7 heteroatoms. The third kappa shape index (κ3) is 119. The van der Waals surface area contributed by atoms with Crippen molar-refractivity contribution in [2.24, 2.45) is 5.92 Å². The van der Waals surface area contributed by atoms with Crippen molar-refractivity contribution in [2.45, 2.75) is 155 Å². The van der Waals surface area contributed by atoms with Gasteiger partial charge in [-0.05, 0) is 54.4 Å². The van der Waals surface area contributed by atoms with E-state index >= 15 is 0 Å². The molecule has 0 atom stereocenters. The van der Waals surface area contributed by atoms with Gasteiger partial charge in [-0.3, -0.25) is 14.4 Å². The van der Waals surface area contributed by atoms with Crippen LogP contribution in [0.5, 0.6) is 0 Å². The summed E-state index contributed by atoms with van der Waals surface area (Å²) < 4.78 is 18.5. The summed E-state index contributed by atoms with van der Waals surface area (Å²) in [6.07, 6.45) is 8.99. The van der Waals surface area contributed by atoms with E-state index in [-0.39, 0.29) is 17.9 Å². The summed E-state index contributed by atoms with van der Waals surface area (Å²) in [6, 6.07) is 0. The minimum absolute atomic E-state index is 0.211. The fourth-order valence-electron chi connectivity index (χ4n) is 2.23. The maximum Gasteiger partial charge on any atom is 0.302 e. The number of rotatable bonds is 10. The molecule has 0 rings (SSSR count). The van der Waals surface area contributed by atoms with Gasteiger partial charge < -0.3 is 18.9 Å². The first kappa shape index (κ1) is 48.4. The maximum atomic E-state index is 9.82. The molecule has 0 aromatic heterocycles. The summed E-state index contributed by atoms with van der Waals surface area (Å²) in [5.74, 6) is 0.266. The van der Waals surface area contributed by atoms with Gasteiger partial charge in [0.2, 0.25) is 0 Å². The summed E-state index contributed by atoms with van der Waals surface area (Å²) in [4.78, 5) is 29.5. The second kappa shape index (κ2) is 44.4. The van der Waals surface area contributed by atoms with Crippen molar-refractivity contribution in [3.05, 3.63) is 0 Å². The molecule has 0 saturated carbocycles. The van der Waals surface area contributed by atoms with E-state index < -0.39 is 0 Å². The SMILES string of the molecule is CC(C)OC(C)C.CCCC(C)C.CCCCCC.CCOC(C)=O.CCOC(C)=O.CCOC(C)=O. The smallest absolute Gasteiger partial charge is 0.302 e. The lowest BCUT2D eigenvalue weighted by atomic mass is 10.1. The van der Waals surface area contributed by atoms with E-state index in [9.17, 15) is 14.4 Å². The Morgan fingerprint density at radius 2 is 0.784 bits per heavy atom. The molecule has 0 aliphatic carbocycles. The fraction of sp³-hybridized carbons (Fsp3) is 0.900. The van der Waals surface area contributed by atoms with Gasteiger partial charge in [-0.2, -0.15) is 0 Å². The molecule has 0 bridgehead atoms. The second-order valence-electron chi connectivity index (χ2n) is 8.90. The van der Waals surface area contributed by atoms with E-state index in [2.05, 4.69) is 48.8 Å². The van der Waals surface area contributed by atoms with E-state index in [1.165, 1.54) is 59.3 Å². The third-order valence-electron chi connectivity index (χ3n) is 3.41. The molecule has 0 heterocycles. The number of esters is 3. The molecule has 228 valence electrons. The van der Waals surface area contributed by atoms with Gasteiger partial charge in [0, 0.05) is 20.8 Å². The van der Waals surface area contributed by atoms with Crippen molar-refractivity contribution in [3.63, 3.8) is 0 Å². The lowest BCUT2D eigenvalue weighted by Crippen LogP contribution is -2.09. The predicted octanol–water partition coefficient (Wildman–Crippen LogP) is 8.56. The largest absolute Gasteiger partial charge is 0.466 e. The van der Waals surface area contributed by atoms with Crippen LogP contribution >= 0.6 is 0 Å². The lowest BCUT2D eigenvalue weighted by molar-refractivity contribution is -0.141. The van der Waals surface area contributed by atoms with Crippen LogP contribution in [0.25, 0.3) is 0 Å². The summed E-state index contributed by atoms with van der Waals surface area (Å²) in [7, 11) is 0. The highest BCUT2D eigenvalue weighted by Gasteiger charge is 1.94. The van der Waals surface area contributed by atoms with Crippen molar-refractivity contribution in [2.75, 3.05) is 19.8 Å². The topological polar surface area (TPSA) is 88.1 Å².